The largest absolute Gasteiger partial charge is 0.480 e. The minimum Gasteiger partial charge on any atom is -0.480 e. The highest BCUT2D eigenvalue weighted by molar-refractivity contribution is 7.47. The standard InChI is InChI=1S/C45H80NO9P/c1-3-5-7-9-11-13-15-17-19-21-22-23-25-27-29-31-33-35-37-44(47)55-42(40-53-56(50,51)54-41-43(46)45(48)49)39-52-38-36-34-32-30-28-26-24-20-18-16-14-12-10-8-6-4-2/h6,8,12,14,18,20,26,28,32,34,42-43H,3-5,7,9-11,13,15-17,19,21-25,27,29-31,33,35-41,46H2,1-2H3,(H,48,49)(H,50,51)/b8-6-,14-12-,20-18-,28-26-,34-32-. The Morgan fingerprint density at radius 1 is 0.589 bits per heavy atom. The third kappa shape index (κ3) is 39.9. The first kappa shape index (κ1) is 53.7. The molecule has 324 valence electrons. The Hall–Kier alpha value is -2.33. The Morgan fingerprint density at radius 3 is 1.45 bits per heavy atom. The number of rotatable bonds is 41. The topological polar surface area (TPSA) is 155 Å². The maximum Gasteiger partial charge on any atom is 0.472 e. The van der Waals surface area contributed by atoms with Crippen molar-refractivity contribution < 1.29 is 42.7 Å². The SMILES string of the molecule is CC/C=C\C/C=C\C/C=C\C/C=C\C/C=C\CCOCC(COP(=O)(O)OCC(N)C(=O)O)OC(=O)CCCCCCCCCCCCCCCCCCCC. The monoisotopic (exact) mass is 810 g/mol. The molecule has 0 rings (SSSR count). The maximum absolute atomic E-state index is 12.6. The Labute approximate surface area is 341 Å². The summed E-state index contributed by atoms with van der Waals surface area (Å²) in [4.78, 5) is 33.5. The molecule has 0 saturated heterocycles. The van der Waals surface area contributed by atoms with Crippen molar-refractivity contribution in [1.82, 2.24) is 0 Å². The van der Waals surface area contributed by atoms with Crippen molar-refractivity contribution in [2.75, 3.05) is 26.4 Å². The van der Waals surface area contributed by atoms with E-state index >= 15 is 0 Å². The van der Waals surface area contributed by atoms with E-state index in [1.807, 2.05) is 6.08 Å². The molecule has 0 aromatic rings. The first-order chi connectivity index (χ1) is 27.2. The van der Waals surface area contributed by atoms with Crippen LogP contribution in [0.15, 0.2) is 60.8 Å². The molecule has 0 radical (unpaired) electrons. The van der Waals surface area contributed by atoms with Crippen LogP contribution in [0, 0.1) is 0 Å². The van der Waals surface area contributed by atoms with Crippen molar-refractivity contribution in [3.8, 4) is 0 Å². The van der Waals surface area contributed by atoms with Crippen LogP contribution >= 0.6 is 7.82 Å². The van der Waals surface area contributed by atoms with Gasteiger partial charge in [0.25, 0.3) is 0 Å². The highest BCUT2D eigenvalue weighted by Gasteiger charge is 2.27. The van der Waals surface area contributed by atoms with Gasteiger partial charge in [-0.15, -0.1) is 0 Å². The first-order valence-corrected chi connectivity index (χ1v) is 23.3. The van der Waals surface area contributed by atoms with Crippen LogP contribution in [0.3, 0.4) is 0 Å². The molecule has 3 atom stereocenters. The average molecular weight is 810 g/mol. The summed E-state index contributed by atoms with van der Waals surface area (Å²) in [5, 5.41) is 8.89. The zero-order valence-electron chi connectivity index (χ0n) is 35.2. The number of ether oxygens (including phenoxy) is 2. The molecule has 0 heterocycles. The zero-order valence-corrected chi connectivity index (χ0v) is 36.1. The molecular weight excluding hydrogens is 729 g/mol. The summed E-state index contributed by atoms with van der Waals surface area (Å²) in [6.07, 6.45) is 48.7. The number of nitrogens with two attached hydrogens (primary N) is 1. The summed E-state index contributed by atoms with van der Waals surface area (Å²) < 4.78 is 33.2. The molecule has 0 aliphatic heterocycles. The molecule has 0 spiro atoms. The number of phosphoric ester groups is 1. The summed E-state index contributed by atoms with van der Waals surface area (Å²) >= 11 is 0. The molecule has 0 saturated carbocycles. The van der Waals surface area contributed by atoms with E-state index in [-0.39, 0.29) is 13.0 Å². The van der Waals surface area contributed by atoms with E-state index in [1.54, 1.807) is 0 Å². The van der Waals surface area contributed by atoms with E-state index in [9.17, 15) is 19.0 Å². The van der Waals surface area contributed by atoms with E-state index in [1.165, 1.54) is 89.9 Å². The third-order valence-electron chi connectivity index (χ3n) is 9.08. The van der Waals surface area contributed by atoms with Gasteiger partial charge in [0, 0.05) is 6.42 Å². The molecule has 0 aromatic heterocycles. The fraction of sp³-hybridized carbons (Fsp3) is 0.733. The number of hydrogen-bond donors (Lipinski definition) is 3. The third-order valence-corrected chi connectivity index (χ3v) is 10.0. The van der Waals surface area contributed by atoms with Crippen molar-refractivity contribution in [3.05, 3.63) is 60.8 Å². The summed E-state index contributed by atoms with van der Waals surface area (Å²) in [5.41, 5.74) is 5.35. The van der Waals surface area contributed by atoms with Gasteiger partial charge in [-0.25, -0.2) is 4.57 Å². The van der Waals surface area contributed by atoms with Gasteiger partial charge < -0.3 is 25.2 Å². The summed E-state index contributed by atoms with van der Waals surface area (Å²) in [6.45, 7) is 3.55. The lowest BCUT2D eigenvalue weighted by Gasteiger charge is -2.20. The number of unbranched alkanes of at least 4 members (excludes halogenated alkanes) is 17. The Balaban J connectivity index is 4.32. The summed E-state index contributed by atoms with van der Waals surface area (Å²) in [7, 11) is -4.64. The molecule has 0 fully saturated rings. The number of esters is 1. The van der Waals surface area contributed by atoms with E-state index < -0.39 is 45.1 Å². The molecule has 0 aliphatic carbocycles. The van der Waals surface area contributed by atoms with Gasteiger partial charge in [-0.1, -0.05) is 184 Å². The van der Waals surface area contributed by atoms with Gasteiger partial charge in [0.05, 0.1) is 26.4 Å². The number of hydrogen-bond acceptors (Lipinski definition) is 8. The second-order valence-corrected chi connectivity index (χ2v) is 15.9. The van der Waals surface area contributed by atoms with Gasteiger partial charge in [0.1, 0.15) is 12.1 Å². The van der Waals surface area contributed by atoms with Crippen molar-refractivity contribution in [1.29, 1.82) is 0 Å². The molecule has 10 nitrogen and oxygen atoms in total. The van der Waals surface area contributed by atoms with Crippen LogP contribution in [0.2, 0.25) is 0 Å². The highest BCUT2D eigenvalue weighted by Crippen LogP contribution is 2.43. The predicted octanol–water partition coefficient (Wildman–Crippen LogP) is 12.0. The van der Waals surface area contributed by atoms with E-state index in [2.05, 4.69) is 68.5 Å². The van der Waals surface area contributed by atoms with Crippen molar-refractivity contribution >= 4 is 19.8 Å². The van der Waals surface area contributed by atoms with Crippen molar-refractivity contribution in [3.63, 3.8) is 0 Å². The van der Waals surface area contributed by atoms with Gasteiger partial charge in [-0.3, -0.25) is 18.6 Å². The normalized spacial score (nSPS) is 14.5. The Kier molecular flexibility index (Phi) is 39.2. The number of carbonyl (C=O) groups excluding carboxylic acids is 1. The van der Waals surface area contributed by atoms with Crippen LogP contribution in [0.25, 0.3) is 0 Å². The number of aliphatic carboxylic acids is 1. The Bertz CT molecular complexity index is 1120. The number of carbonyl (C=O) groups is 2. The first-order valence-electron chi connectivity index (χ1n) is 21.8. The molecule has 0 aliphatic rings. The molecule has 11 heteroatoms. The van der Waals surface area contributed by atoms with E-state index in [0.717, 1.165) is 51.4 Å². The summed E-state index contributed by atoms with van der Waals surface area (Å²) in [5.74, 6) is -1.81. The Morgan fingerprint density at radius 2 is 1.00 bits per heavy atom. The van der Waals surface area contributed by atoms with Gasteiger partial charge in [-0.2, -0.15) is 0 Å². The lowest BCUT2D eigenvalue weighted by Crippen LogP contribution is -2.34. The molecule has 0 amide bonds. The van der Waals surface area contributed by atoms with Gasteiger partial charge in [-0.05, 0) is 44.9 Å². The van der Waals surface area contributed by atoms with Crippen LogP contribution in [0.4, 0.5) is 0 Å². The van der Waals surface area contributed by atoms with Crippen molar-refractivity contribution in [2.45, 2.75) is 187 Å². The van der Waals surface area contributed by atoms with E-state index in [4.69, 9.17) is 29.4 Å². The zero-order chi connectivity index (χ0) is 41.2. The average Bonchev–Trinajstić information content (AvgIpc) is 3.18. The van der Waals surface area contributed by atoms with Gasteiger partial charge in [0.15, 0.2) is 0 Å². The lowest BCUT2D eigenvalue weighted by molar-refractivity contribution is -0.154. The second-order valence-electron chi connectivity index (χ2n) is 14.4. The van der Waals surface area contributed by atoms with Crippen LogP contribution < -0.4 is 5.73 Å². The molecule has 0 aromatic carbocycles. The lowest BCUT2D eigenvalue weighted by atomic mass is 10.0. The number of carboxylic acid groups (broad SMARTS) is 1. The summed E-state index contributed by atoms with van der Waals surface area (Å²) in [6, 6.07) is -1.48. The number of carboxylic acids is 1. The molecular formula is C45H80NO9P. The number of phosphoric acid groups is 1. The molecule has 3 unspecified atom stereocenters. The van der Waals surface area contributed by atoms with Crippen LogP contribution in [-0.4, -0.2) is 60.5 Å². The molecule has 4 N–H and O–H groups in total. The minimum absolute atomic E-state index is 0.0375. The van der Waals surface area contributed by atoms with Gasteiger partial charge >= 0.3 is 19.8 Å². The predicted molar refractivity (Wildman–Crippen MR) is 231 cm³/mol. The molecule has 56 heavy (non-hydrogen) atoms. The van der Waals surface area contributed by atoms with E-state index in [0.29, 0.717) is 19.4 Å². The number of allylic oxidation sites excluding steroid dienone is 9. The van der Waals surface area contributed by atoms with Crippen LogP contribution in [0.5, 0.6) is 0 Å². The quantitative estimate of drug-likeness (QED) is 0.0235. The fourth-order valence-electron chi connectivity index (χ4n) is 5.73. The minimum atomic E-state index is -4.64. The van der Waals surface area contributed by atoms with Gasteiger partial charge in [0.2, 0.25) is 0 Å². The van der Waals surface area contributed by atoms with Crippen molar-refractivity contribution in [2.24, 2.45) is 5.73 Å². The maximum atomic E-state index is 12.6. The smallest absolute Gasteiger partial charge is 0.472 e. The van der Waals surface area contributed by atoms with Crippen LogP contribution in [-0.2, 0) is 32.7 Å². The second kappa shape index (κ2) is 40.9. The molecule has 0 bridgehead atoms. The fourth-order valence-corrected chi connectivity index (χ4v) is 6.51. The highest BCUT2D eigenvalue weighted by atomic mass is 31.2. The van der Waals surface area contributed by atoms with Crippen LogP contribution in [0.1, 0.15) is 174 Å².